The summed E-state index contributed by atoms with van der Waals surface area (Å²) < 4.78 is 0. The molecule has 0 radical (unpaired) electrons. The van der Waals surface area contributed by atoms with Crippen molar-refractivity contribution in [3.8, 4) is 0 Å². The van der Waals surface area contributed by atoms with Gasteiger partial charge in [-0.25, -0.2) is 9.59 Å². The van der Waals surface area contributed by atoms with Crippen LogP contribution < -0.4 is 0 Å². The molecule has 0 fully saturated rings. The Hall–Kier alpha value is -1.56. The van der Waals surface area contributed by atoms with Crippen LogP contribution in [0.5, 0.6) is 0 Å². The number of urea groups is 1. The molecule has 0 aliphatic rings. The zero-order valence-corrected chi connectivity index (χ0v) is 13.2. The van der Waals surface area contributed by atoms with Crippen molar-refractivity contribution in [1.29, 1.82) is 0 Å². The van der Waals surface area contributed by atoms with E-state index in [1.165, 1.54) is 9.78 Å². The van der Waals surface area contributed by atoms with Crippen LogP contribution in [-0.4, -0.2) is 53.1 Å². The molecule has 2 atom stereocenters. The summed E-state index contributed by atoms with van der Waals surface area (Å²) in [4.78, 5) is 27.5. The molecule has 1 aromatic rings. The fourth-order valence-electron chi connectivity index (χ4n) is 2.04. The molecule has 1 rings (SSSR count). The standard InChI is InChI=1S/C14H22N2O3S/c1-5-12(13(17)18)16(4)14(19)15(3)10(2)9-11-7-6-8-20-11/h6-8,10,12H,5,9H2,1-4H3,(H,17,18). The van der Waals surface area contributed by atoms with E-state index in [9.17, 15) is 9.59 Å². The largest absolute Gasteiger partial charge is 0.480 e. The number of hydrogen-bond acceptors (Lipinski definition) is 3. The van der Waals surface area contributed by atoms with Crippen LogP contribution in [-0.2, 0) is 11.2 Å². The number of amides is 2. The van der Waals surface area contributed by atoms with Crippen molar-refractivity contribution in [2.45, 2.75) is 38.8 Å². The van der Waals surface area contributed by atoms with Crippen LogP contribution in [0.2, 0.25) is 0 Å². The zero-order valence-electron chi connectivity index (χ0n) is 12.4. The van der Waals surface area contributed by atoms with Gasteiger partial charge in [-0.2, -0.15) is 0 Å². The van der Waals surface area contributed by atoms with E-state index in [4.69, 9.17) is 5.11 Å². The van der Waals surface area contributed by atoms with Gasteiger partial charge in [-0.3, -0.25) is 0 Å². The highest BCUT2D eigenvalue weighted by molar-refractivity contribution is 7.09. The SMILES string of the molecule is CCC(C(=O)O)N(C)C(=O)N(C)C(C)Cc1cccs1. The van der Waals surface area contributed by atoms with Gasteiger partial charge in [-0.1, -0.05) is 13.0 Å². The molecule has 112 valence electrons. The lowest BCUT2D eigenvalue weighted by atomic mass is 10.2. The lowest BCUT2D eigenvalue weighted by molar-refractivity contribution is -0.142. The Morgan fingerprint density at radius 3 is 2.45 bits per heavy atom. The predicted octanol–water partition coefficient (Wildman–Crippen LogP) is 2.53. The van der Waals surface area contributed by atoms with Crippen molar-refractivity contribution >= 4 is 23.3 Å². The Balaban J connectivity index is 2.67. The summed E-state index contributed by atoms with van der Waals surface area (Å²) in [5.41, 5.74) is 0. The van der Waals surface area contributed by atoms with Gasteiger partial charge in [0.15, 0.2) is 0 Å². The molecule has 6 heteroatoms. The normalized spacial score (nSPS) is 13.6. The number of nitrogens with zero attached hydrogens (tertiary/aromatic N) is 2. The second kappa shape index (κ2) is 7.28. The lowest BCUT2D eigenvalue weighted by Crippen LogP contribution is -2.50. The van der Waals surface area contributed by atoms with Crippen LogP contribution >= 0.6 is 11.3 Å². The highest BCUT2D eigenvalue weighted by atomic mass is 32.1. The van der Waals surface area contributed by atoms with Gasteiger partial charge in [-0.05, 0) is 24.8 Å². The van der Waals surface area contributed by atoms with Crippen LogP contribution in [0.1, 0.15) is 25.1 Å². The first-order valence-corrected chi connectivity index (χ1v) is 7.51. The Morgan fingerprint density at radius 2 is 2.00 bits per heavy atom. The van der Waals surface area contributed by atoms with E-state index in [0.717, 1.165) is 6.42 Å². The van der Waals surface area contributed by atoms with Crippen LogP contribution in [0.3, 0.4) is 0 Å². The Labute approximate surface area is 123 Å². The van der Waals surface area contributed by atoms with Gasteiger partial charge >= 0.3 is 12.0 Å². The number of carbonyl (C=O) groups excluding carboxylic acids is 1. The number of thiophene rings is 1. The van der Waals surface area contributed by atoms with Gasteiger partial charge in [0.25, 0.3) is 0 Å². The minimum Gasteiger partial charge on any atom is -0.480 e. The molecule has 0 aromatic carbocycles. The van der Waals surface area contributed by atoms with Crippen LogP contribution in [0.25, 0.3) is 0 Å². The molecular formula is C14H22N2O3S. The first-order chi connectivity index (χ1) is 9.38. The van der Waals surface area contributed by atoms with Gasteiger partial charge in [0, 0.05) is 31.4 Å². The monoisotopic (exact) mass is 298 g/mol. The molecule has 1 heterocycles. The molecule has 1 aromatic heterocycles. The third-order valence-electron chi connectivity index (χ3n) is 3.48. The van der Waals surface area contributed by atoms with Gasteiger partial charge < -0.3 is 14.9 Å². The fraction of sp³-hybridized carbons (Fsp3) is 0.571. The third-order valence-corrected chi connectivity index (χ3v) is 4.38. The summed E-state index contributed by atoms with van der Waals surface area (Å²) in [5.74, 6) is -0.970. The molecule has 2 unspecified atom stereocenters. The maximum atomic E-state index is 12.3. The van der Waals surface area contributed by atoms with Crippen LogP contribution in [0.15, 0.2) is 17.5 Å². The molecule has 2 amide bonds. The molecule has 1 N–H and O–H groups in total. The predicted molar refractivity (Wildman–Crippen MR) is 80.1 cm³/mol. The minimum absolute atomic E-state index is 0.0231. The second-order valence-electron chi connectivity index (χ2n) is 4.90. The molecule has 0 spiro atoms. The van der Waals surface area contributed by atoms with Gasteiger partial charge in [0.1, 0.15) is 6.04 Å². The third kappa shape index (κ3) is 3.96. The van der Waals surface area contributed by atoms with E-state index in [2.05, 4.69) is 0 Å². The maximum Gasteiger partial charge on any atom is 0.326 e. The number of carboxylic acids is 1. The number of aliphatic carboxylic acids is 1. The number of likely N-dealkylation sites (N-methyl/N-ethyl adjacent to an activating group) is 2. The smallest absolute Gasteiger partial charge is 0.326 e. The van der Waals surface area contributed by atoms with Crippen molar-refractivity contribution in [3.63, 3.8) is 0 Å². The number of hydrogen-bond donors (Lipinski definition) is 1. The molecular weight excluding hydrogens is 276 g/mol. The zero-order chi connectivity index (χ0) is 15.3. The van der Waals surface area contributed by atoms with Crippen LogP contribution in [0.4, 0.5) is 4.79 Å². The molecule has 20 heavy (non-hydrogen) atoms. The maximum absolute atomic E-state index is 12.3. The van der Waals surface area contributed by atoms with Gasteiger partial charge in [0.2, 0.25) is 0 Å². The van der Waals surface area contributed by atoms with Crippen molar-refractivity contribution in [2.75, 3.05) is 14.1 Å². The molecule has 0 bridgehead atoms. The summed E-state index contributed by atoms with van der Waals surface area (Å²) in [7, 11) is 3.25. The van der Waals surface area contributed by atoms with Crippen molar-refractivity contribution in [1.82, 2.24) is 9.80 Å². The summed E-state index contributed by atoms with van der Waals surface area (Å²) in [6.07, 6.45) is 1.17. The quantitative estimate of drug-likeness (QED) is 0.878. The molecule has 5 nitrogen and oxygen atoms in total. The lowest BCUT2D eigenvalue weighted by Gasteiger charge is -2.32. The summed E-state index contributed by atoms with van der Waals surface area (Å²) in [5, 5.41) is 11.1. The molecule has 0 saturated carbocycles. The van der Waals surface area contributed by atoms with E-state index < -0.39 is 12.0 Å². The average molecular weight is 298 g/mol. The fourth-order valence-corrected chi connectivity index (χ4v) is 2.87. The number of carbonyl (C=O) groups is 2. The first-order valence-electron chi connectivity index (χ1n) is 6.63. The second-order valence-corrected chi connectivity index (χ2v) is 5.93. The Bertz CT molecular complexity index is 447. The highest BCUT2D eigenvalue weighted by Gasteiger charge is 2.28. The van der Waals surface area contributed by atoms with E-state index in [-0.39, 0.29) is 12.1 Å². The van der Waals surface area contributed by atoms with Crippen molar-refractivity contribution < 1.29 is 14.7 Å². The summed E-state index contributed by atoms with van der Waals surface area (Å²) in [6, 6.07) is 3.00. The first kappa shape index (κ1) is 16.5. The van der Waals surface area contributed by atoms with Crippen LogP contribution in [0, 0.1) is 0 Å². The van der Waals surface area contributed by atoms with Gasteiger partial charge in [0.05, 0.1) is 0 Å². The van der Waals surface area contributed by atoms with E-state index >= 15 is 0 Å². The average Bonchev–Trinajstić information content (AvgIpc) is 2.89. The summed E-state index contributed by atoms with van der Waals surface area (Å²) >= 11 is 1.66. The van der Waals surface area contributed by atoms with E-state index in [1.54, 1.807) is 37.3 Å². The minimum atomic E-state index is -0.970. The Kier molecular flexibility index (Phi) is 6.01. The van der Waals surface area contributed by atoms with Crippen molar-refractivity contribution in [2.24, 2.45) is 0 Å². The molecule has 0 aliphatic heterocycles. The Morgan fingerprint density at radius 1 is 1.35 bits per heavy atom. The number of carboxylic acid groups (broad SMARTS) is 1. The van der Waals surface area contributed by atoms with Gasteiger partial charge in [-0.15, -0.1) is 11.3 Å². The highest BCUT2D eigenvalue weighted by Crippen LogP contribution is 2.15. The van der Waals surface area contributed by atoms with Crippen molar-refractivity contribution in [3.05, 3.63) is 22.4 Å². The summed E-state index contributed by atoms with van der Waals surface area (Å²) in [6.45, 7) is 3.73. The number of rotatable bonds is 6. The topological polar surface area (TPSA) is 60.9 Å². The van der Waals surface area contributed by atoms with E-state index in [1.807, 2.05) is 24.4 Å². The van der Waals surface area contributed by atoms with E-state index in [0.29, 0.717) is 6.42 Å². The molecule has 0 aliphatic carbocycles. The molecule has 0 saturated heterocycles.